The fourth-order valence-electron chi connectivity index (χ4n) is 3.20. The molecule has 5 heteroatoms. The van der Waals surface area contributed by atoms with E-state index in [0.29, 0.717) is 6.61 Å². The first-order valence-electron chi connectivity index (χ1n) is 8.49. The maximum absolute atomic E-state index is 12.8. The summed E-state index contributed by atoms with van der Waals surface area (Å²) < 4.78 is 11.2. The molecule has 1 unspecified atom stereocenters. The minimum Gasteiger partial charge on any atom is -0.492 e. The number of hydrogen-bond acceptors (Lipinski definition) is 4. The summed E-state index contributed by atoms with van der Waals surface area (Å²) in [5, 5.41) is 0. The molecular weight excluding hydrogens is 292 g/mol. The number of benzene rings is 1. The van der Waals surface area contributed by atoms with Gasteiger partial charge < -0.3 is 14.4 Å². The second-order valence-corrected chi connectivity index (χ2v) is 6.49. The molecule has 3 rings (SSSR count). The fourth-order valence-corrected chi connectivity index (χ4v) is 3.20. The maximum Gasteiger partial charge on any atom is 0.233 e. The molecule has 5 nitrogen and oxygen atoms in total. The molecule has 1 fully saturated rings. The highest BCUT2D eigenvalue weighted by atomic mass is 16.5. The van der Waals surface area contributed by atoms with Crippen molar-refractivity contribution in [3.63, 3.8) is 0 Å². The molecule has 0 saturated carbocycles. The Kier molecular flexibility index (Phi) is 5.18. The lowest BCUT2D eigenvalue weighted by molar-refractivity contribution is -0.134. The van der Waals surface area contributed by atoms with Crippen LogP contribution in [-0.4, -0.2) is 67.7 Å². The van der Waals surface area contributed by atoms with Crippen molar-refractivity contribution >= 4 is 5.91 Å². The Balaban J connectivity index is 1.49. The minimum atomic E-state index is -0.137. The lowest BCUT2D eigenvalue weighted by atomic mass is 9.99. The highest BCUT2D eigenvalue weighted by Gasteiger charge is 2.34. The van der Waals surface area contributed by atoms with Gasteiger partial charge in [0.1, 0.15) is 18.3 Å². The van der Waals surface area contributed by atoms with Crippen LogP contribution in [0.3, 0.4) is 0 Å². The summed E-state index contributed by atoms with van der Waals surface area (Å²) >= 11 is 0. The summed E-state index contributed by atoms with van der Waals surface area (Å²) in [5.74, 6) is 0.922. The SMILES string of the molecule is CC(C)OCCN1CCN(C(=O)C2COc3ccccc32)CC1. The molecule has 1 aromatic carbocycles. The zero-order chi connectivity index (χ0) is 16.2. The van der Waals surface area contributed by atoms with Crippen LogP contribution >= 0.6 is 0 Å². The third-order valence-electron chi connectivity index (χ3n) is 4.54. The number of piperazine rings is 1. The third-order valence-corrected chi connectivity index (χ3v) is 4.54. The molecule has 0 aromatic heterocycles. The molecule has 1 aromatic rings. The van der Waals surface area contributed by atoms with Gasteiger partial charge in [0.05, 0.1) is 12.7 Å². The quantitative estimate of drug-likeness (QED) is 0.829. The number of rotatable bonds is 5. The molecule has 1 amide bonds. The lowest BCUT2D eigenvalue weighted by Crippen LogP contribution is -2.50. The first kappa shape index (κ1) is 16.3. The van der Waals surface area contributed by atoms with Gasteiger partial charge in [-0.25, -0.2) is 0 Å². The van der Waals surface area contributed by atoms with E-state index in [0.717, 1.165) is 50.6 Å². The van der Waals surface area contributed by atoms with Crippen molar-refractivity contribution in [3.8, 4) is 5.75 Å². The van der Waals surface area contributed by atoms with Crippen molar-refractivity contribution in [2.75, 3.05) is 45.9 Å². The van der Waals surface area contributed by atoms with Crippen molar-refractivity contribution in [2.45, 2.75) is 25.9 Å². The van der Waals surface area contributed by atoms with E-state index >= 15 is 0 Å². The molecule has 2 heterocycles. The Labute approximate surface area is 138 Å². The summed E-state index contributed by atoms with van der Waals surface area (Å²) in [6, 6.07) is 7.86. The maximum atomic E-state index is 12.8. The predicted octanol–water partition coefficient (Wildman–Crippen LogP) is 1.73. The van der Waals surface area contributed by atoms with Crippen molar-refractivity contribution < 1.29 is 14.3 Å². The van der Waals surface area contributed by atoms with E-state index in [4.69, 9.17) is 9.47 Å². The molecule has 1 atom stereocenters. The Hall–Kier alpha value is -1.59. The fraction of sp³-hybridized carbons (Fsp3) is 0.611. The van der Waals surface area contributed by atoms with Gasteiger partial charge in [-0.2, -0.15) is 0 Å². The Morgan fingerprint density at radius 3 is 2.74 bits per heavy atom. The predicted molar refractivity (Wildman–Crippen MR) is 88.8 cm³/mol. The Bertz CT molecular complexity index is 539. The van der Waals surface area contributed by atoms with Gasteiger partial charge in [-0.1, -0.05) is 18.2 Å². The van der Waals surface area contributed by atoms with Crippen LogP contribution in [0.5, 0.6) is 5.75 Å². The van der Waals surface area contributed by atoms with Gasteiger partial charge in [-0.15, -0.1) is 0 Å². The zero-order valence-electron chi connectivity index (χ0n) is 14.0. The lowest BCUT2D eigenvalue weighted by Gasteiger charge is -2.35. The van der Waals surface area contributed by atoms with E-state index in [9.17, 15) is 4.79 Å². The van der Waals surface area contributed by atoms with Crippen LogP contribution in [0.2, 0.25) is 0 Å². The minimum absolute atomic E-state index is 0.137. The molecule has 2 aliphatic rings. The van der Waals surface area contributed by atoms with Crippen molar-refractivity contribution in [1.29, 1.82) is 0 Å². The van der Waals surface area contributed by atoms with E-state index < -0.39 is 0 Å². The topological polar surface area (TPSA) is 42.0 Å². The van der Waals surface area contributed by atoms with Gasteiger partial charge >= 0.3 is 0 Å². The highest BCUT2D eigenvalue weighted by molar-refractivity contribution is 5.85. The van der Waals surface area contributed by atoms with E-state index in [1.807, 2.05) is 29.2 Å². The smallest absolute Gasteiger partial charge is 0.233 e. The largest absolute Gasteiger partial charge is 0.492 e. The van der Waals surface area contributed by atoms with Gasteiger partial charge in [0.2, 0.25) is 5.91 Å². The zero-order valence-corrected chi connectivity index (χ0v) is 14.0. The number of amides is 1. The van der Waals surface area contributed by atoms with Gasteiger partial charge in [0.25, 0.3) is 0 Å². The van der Waals surface area contributed by atoms with E-state index in [2.05, 4.69) is 18.7 Å². The number of carbonyl (C=O) groups is 1. The molecule has 0 aliphatic carbocycles. The molecule has 2 aliphatic heterocycles. The number of nitrogens with zero attached hydrogens (tertiary/aromatic N) is 2. The van der Waals surface area contributed by atoms with Crippen LogP contribution in [0.1, 0.15) is 25.3 Å². The molecule has 0 spiro atoms. The summed E-state index contributed by atoms with van der Waals surface area (Å²) in [6.45, 7) is 9.70. The van der Waals surface area contributed by atoms with Gasteiger partial charge in [0, 0.05) is 38.3 Å². The standard InChI is InChI=1S/C18H26N2O3/c1-14(2)22-12-11-19-7-9-20(10-8-19)18(21)16-13-23-17-6-4-3-5-15(16)17/h3-6,14,16H,7-13H2,1-2H3. The molecule has 0 radical (unpaired) electrons. The summed E-state index contributed by atoms with van der Waals surface area (Å²) in [5.41, 5.74) is 1.03. The van der Waals surface area contributed by atoms with Crippen LogP contribution in [0, 0.1) is 0 Å². The normalized spacial score (nSPS) is 21.3. The Morgan fingerprint density at radius 2 is 2.00 bits per heavy atom. The van der Waals surface area contributed by atoms with Gasteiger partial charge in [-0.05, 0) is 19.9 Å². The monoisotopic (exact) mass is 318 g/mol. The molecule has 0 N–H and O–H groups in total. The summed E-state index contributed by atoms with van der Waals surface area (Å²) in [6.07, 6.45) is 0.278. The summed E-state index contributed by atoms with van der Waals surface area (Å²) in [4.78, 5) is 17.1. The van der Waals surface area contributed by atoms with Gasteiger partial charge in [0.15, 0.2) is 0 Å². The first-order valence-corrected chi connectivity index (χ1v) is 8.49. The summed E-state index contributed by atoms with van der Waals surface area (Å²) in [7, 11) is 0. The van der Waals surface area contributed by atoms with Crippen LogP contribution < -0.4 is 4.74 Å². The number of carbonyl (C=O) groups excluding carboxylic acids is 1. The Morgan fingerprint density at radius 1 is 1.26 bits per heavy atom. The number of para-hydroxylation sites is 1. The molecule has 23 heavy (non-hydrogen) atoms. The second-order valence-electron chi connectivity index (χ2n) is 6.49. The number of ether oxygens (including phenoxy) is 2. The van der Waals surface area contributed by atoms with Crippen molar-refractivity contribution in [3.05, 3.63) is 29.8 Å². The average molecular weight is 318 g/mol. The molecular formula is C18H26N2O3. The van der Waals surface area contributed by atoms with E-state index in [1.165, 1.54) is 0 Å². The van der Waals surface area contributed by atoms with Crippen LogP contribution in [0.4, 0.5) is 0 Å². The van der Waals surface area contributed by atoms with E-state index in [1.54, 1.807) is 0 Å². The molecule has 1 saturated heterocycles. The van der Waals surface area contributed by atoms with Crippen LogP contribution in [0.25, 0.3) is 0 Å². The van der Waals surface area contributed by atoms with Crippen molar-refractivity contribution in [1.82, 2.24) is 9.80 Å². The van der Waals surface area contributed by atoms with E-state index in [-0.39, 0.29) is 17.9 Å². The first-order chi connectivity index (χ1) is 11.1. The number of hydrogen-bond donors (Lipinski definition) is 0. The van der Waals surface area contributed by atoms with Crippen molar-refractivity contribution in [2.24, 2.45) is 0 Å². The number of fused-ring (bicyclic) bond motifs is 1. The average Bonchev–Trinajstić information content (AvgIpc) is 2.98. The second kappa shape index (κ2) is 7.32. The highest BCUT2D eigenvalue weighted by Crippen LogP contribution is 2.34. The van der Waals surface area contributed by atoms with Crippen LogP contribution in [-0.2, 0) is 9.53 Å². The van der Waals surface area contributed by atoms with Crippen LogP contribution in [0.15, 0.2) is 24.3 Å². The molecule has 126 valence electrons. The van der Waals surface area contributed by atoms with Gasteiger partial charge in [-0.3, -0.25) is 9.69 Å². The molecule has 0 bridgehead atoms. The third kappa shape index (κ3) is 3.85.